The van der Waals surface area contributed by atoms with E-state index in [1.165, 1.54) is 5.71 Å². The van der Waals surface area contributed by atoms with E-state index in [-0.39, 0.29) is 0 Å². The fourth-order valence-corrected chi connectivity index (χ4v) is 1.91. The number of nitrogens with one attached hydrogen (secondary N) is 1. The summed E-state index contributed by atoms with van der Waals surface area (Å²) in [5.74, 6) is 1.15. The Kier molecular flexibility index (Phi) is 3.08. The summed E-state index contributed by atoms with van der Waals surface area (Å²) in [6, 6.07) is 0.432. The molecule has 0 aromatic carbocycles. The van der Waals surface area contributed by atoms with Crippen LogP contribution in [0.1, 0.15) is 27.7 Å². The quantitative estimate of drug-likeness (QED) is 0.703. The van der Waals surface area contributed by atoms with Gasteiger partial charge in [-0.25, -0.2) is 0 Å². The fourth-order valence-electron chi connectivity index (χ4n) is 1.42. The van der Waals surface area contributed by atoms with Gasteiger partial charge >= 0.3 is 81.8 Å². The van der Waals surface area contributed by atoms with Crippen LogP contribution in [0.15, 0.2) is 4.99 Å². The number of hydrogen-bond acceptors (Lipinski definition) is 2. The second kappa shape index (κ2) is 3.71. The number of aliphatic imine (C=N–C) groups is 1. The SMILES string of the molecule is CC(C)C1=NC(=[Se])NC1C(C)C. The molecule has 1 N–H and O–H groups in total. The van der Waals surface area contributed by atoms with Crippen molar-refractivity contribution in [2.24, 2.45) is 16.8 Å². The first-order valence-corrected chi connectivity index (χ1v) is 5.27. The molecule has 68 valence electrons. The Morgan fingerprint density at radius 3 is 2.25 bits per heavy atom. The molecule has 0 spiro atoms. The first kappa shape index (κ1) is 9.94. The van der Waals surface area contributed by atoms with Crippen molar-refractivity contribution in [1.82, 2.24) is 5.32 Å². The molecular weight excluding hydrogens is 215 g/mol. The van der Waals surface area contributed by atoms with Gasteiger partial charge < -0.3 is 0 Å². The average Bonchev–Trinajstić information content (AvgIpc) is 2.31. The molecule has 1 rings (SSSR count). The van der Waals surface area contributed by atoms with Crippen molar-refractivity contribution in [3.8, 4) is 0 Å². The van der Waals surface area contributed by atoms with Gasteiger partial charge in [0.25, 0.3) is 0 Å². The monoisotopic (exact) mass is 232 g/mol. The molecule has 0 aromatic heterocycles. The molecule has 0 saturated carbocycles. The Morgan fingerprint density at radius 2 is 1.92 bits per heavy atom. The second-order valence-corrected chi connectivity index (χ2v) is 4.67. The molecule has 0 radical (unpaired) electrons. The van der Waals surface area contributed by atoms with Crippen LogP contribution >= 0.6 is 0 Å². The van der Waals surface area contributed by atoms with E-state index < -0.39 is 0 Å². The minimum atomic E-state index is 0.432. The van der Waals surface area contributed by atoms with E-state index in [9.17, 15) is 0 Å². The van der Waals surface area contributed by atoms with E-state index in [1.807, 2.05) is 0 Å². The van der Waals surface area contributed by atoms with Gasteiger partial charge in [0.1, 0.15) is 0 Å². The van der Waals surface area contributed by atoms with Crippen molar-refractivity contribution in [3.63, 3.8) is 0 Å². The van der Waals surface area contributed by atoms with Crippen LogP contribution in [-0.2, 0) is 0 Å². The molecular formula is C9H16N2Se. The fraction of sp³-hybridized carbons (Fsp3) is 0.778. The van der Waals surface area contributed by atoms with Crippen LogP contribution in [0, 0.1) is 11.8 Å². The summed E-state index contributed by atoms with van der Waals surface area (Å²) in [6.07, 6.45) is 0. The molecule has 0 saturated heterocycles. The molecule has 1 aliphatic heterocycles. The van der Waals surface area contributed by atoms with Crippen molar-refractivity contribution in [3.05, 3.63) is 0 Å². The van der Waals surface area contributed by atoms with Crippen LogP contribution in [0.25, 0.3) is 0 Å². The summed E-state index contributed by atoms with van der Waals surface area (Å²) in [6.45, 7) is 8.81. The van der Waals surface area contributed by atoms with Crippen LogP contribution in [-0.4, -0.2) is 32.0 Å². The van der Waals surface area contributed by atoms with Gasteiger partial charge in [-0.15, -0.1) is 0 Å². The van der Waals surface area contributed by atoms with Gasteiger partial charge in [0.2, 0.25) is 0 Å². The van der Waals surface area contributed by atoms with Gasteiger partial charge in [0, 0.05) is 0 Å². The maximum atomic E-state index is 4.46. The van der Waals surface area contributed by atoms with Crippen LogP contribution in [0.4, 0.5) is 0 Å². The molecule has 0 aromatic rings. The van der Waals surface area contributed by atoms with Crippen LogP contribution in [0.5, 0.6) is 0 Å². The topological polar surface area (TPSA) is 24.4 Å². The van der Waals surface area contributed by atoms with Crippen molar-refractivity contribution in [2.75, 3.05) is 0 Å². The van der Waals surface area contributed by atoms with Crippen molar-refractivity contribution in [1.29, 1.82) is 0 Å². The summed E-state index contributed by atoms with van der Waals surface area (Å²) >= 11 is 2.93. The number of rotatable bonds is 2. The van der Waals surface area contributed by atoms with E-state index in [0.29, 0.717) is 17.9 Å². The zero-order chi connectivity index (χ0) is 9.30. The van der Waals surface area contributed by atoms with Gasteiger partial charge in [0.15, 0.2) is 0 Å². The molecule has 0 bridgehead atoms. The normalized spacial score (nSPS) is 23.3. The first-order valence-electron chi connectivity index (χ1n) is 4.41. The summed E-state index contributed by atoms with van der Waals surface area (Å²) in [4.78, 5) is 4.46. The maximum absolute atomic E-state index is 4.46. The third kappa shape index (κ3) is 1.96. The Bertz CT molecular complexity index is 219. The van der Waals surface area contributed by atoms with E-state index in [4.69, 9.17) is 0 Å². The van der Waals surface area contributed by atoms with Crippen LogP contribution in [0.2, 0.25) is 0 Å². The zero-order valence-corrected chi connectivity index (χ0v) is 9.80. The molecule has 0 fully saturated rings. The van der Waals surface area contributed by atoms with Crippen LogP contribution < -0.4 is 5.32 Å². The van der Waals surface area contributed by atoms with Crippen molar-refractivity contribution >= 4 is 26.0 Å². The van der Waals surface area contributed by atoms with Gasteiger partial charge in [-0.1, -0.05) is 0 Å². The van der Waals surface area contributed by atoms with Crippen molar-refractivity contribution < 1.29 is 0 Å². The van der Waals surface area contributed by atoms with Gasteiger partial charge in [-0.2, -0.15) is 0 Å². The van der Waals surface area contributed by atoms with E-state index in [0.717, 1.165) is 4.67 Å². The summed E-state index contributed by atoms with van der Waals surface area (Å²) in [5, 5.41) is 3.34. The molecule has 3 heteroatoms. The van der Waals surface area contributed by atoms with E-state index >= 15 is 0 Å². The molecule has 2 nitrogen and oxygen atoms in total. The Morgan fingerprint density at radius 1 is 1.33 bits per heavy atom. The van der Waals surface area contributed by atoms with E-state index in [2.05, 4.69) is 53.6 Å². The Balaban J connectivity index is 2.80. The predicted octanol–water partition coefficient (Wildman–Crippen LogP) is 0.967. The molecule has 0 aliphatic carbocycles. The first-order chi connectivity index (χ1) is 5.52. The summed E-state index contributed by atoms with van der Waals surface area (Å²) < 4.78 is 0.942. The van der Waals surface area contributed by atoms with Crippen LogP contribution in [0.3, 0.4) is 0 Å². The van der Waals surface area contributed by atoms with Gasteiger partial charge in [-0.3, -0.25) is 0 Å². The number of nitrogens with zero attached hydrogens (tertiary/aromatic N) is 1. The third-order valence-electron chi connectivity index (χ3n) is 2.09. The summed E-state index contributed by atoms with van der Waals surface area (Å²) in [7, 11) is 0. The molecule has 12 heavy (non-hydrogen) atoms. The van der Waals surface area contributed by atoms with Crippen molar-refractivity contribution in [2.45, 2.75) is 33.7 Å². The molecule has 0 amide bonds. The van der Waals surface area contributed by atoms with Gasteiger partial charge in [0.05, 0.1) is 0 Å². The minimum absolute atomic E-state index is 0.432. The molecule has 1 aliphatic rings. The Labute approximate surface area is 82.2 Å². The molecule has 1 unspecified atom stereocenters. The zero-order valence-electron chi connectivity index (χ0n) is 8.09. The summed E-state index contributed by atoms with van der Waals surface area (Å²) in [5.41, 5.74) is 1.28. The third-order valence-corrected chi connectivity index (χ3v) is 2.53. The molecule has 1 heterocycles. The van der Waals surface area contributed by atoms with Gasteiger partial charge in [-0.05, 0) is 0 Å². The molecule has 1 atom stereocenters. The second-order valence-electron chi connectivity index (χ2n) is 3.86. The van der Waals surface area contributed by atoms with E-state index in [1.54, 1.807) is 0 Å². The predicted molar refractivity (Wildman–Crippen MR) is 54.8 cm³/mol. The standard InChI is InChI=1S/C9H16N2Se/c1-5(2)7-8(6(3)4)11-9(12)10-7/h5-7H,1-4H3,(H,10,12). The Hall–Kier alpha value is -0.141. The average molecular weight is 231 g/mol. The number of hydrogen-bond donors (Lipinski definition) is 1.